The summed E-state index contributed by atoms with van der Waals surface area (Å²) in [7, 11) is 0. The Morgan fingerprint density at radius 1 is 1.37 bits per heavy atom. The van der Waals surface area contributed by atoms with Gasteiger partial charge in [0.2, 0.25) is 0 Å². The largest absolute Gasteiger partial charge is 1.00 e. The van der Waals surface area contributed by atoms with Crippen LogP contribution in [0.15, 0.2) is 18.2 Å². The normalized spacial score (nSPS) is 9.32. The number of carboxylic acids is 1. The minimum absolute atomic E-state index is 0. The number of aromatic hydroxyl groups is 1. The smallest absolute Gasteiger partial charge is 1.00 e. The maximum Gasteiger partial charge on any atom is 1.00 e. The van der Waals surface area contributed by atoms with Crippen molar-refractivity contribution in [3.05, 3.63) is 29.3 Å². The second-order valence-corrected chi connectivity index (χ2v) is 3.93. The summed E-state index contributed by atoms with van der Waals surface area (Å²) < 4.78 is 0. The Bertz CT molecular complexity index is 385. The molecule has 5 nitrogen and oxygen atoms in total. The fourth-order valence-corrected chi connectivity index (χ4v) is 1.27. The van der Waals surface area contributed by atoms with Crippen molar-refractivity contribution in [3.8, 4) is 5.75 Å². The number of unbranched alkanes of at least 4 members (excludes halogenated alkanes) is 1. The first-order valence-electron chi connectivity index (χ1n) is 5.77. The summed E-state index contributed by atoms with van der Waals surface area (Å²) in [6.07, 6.45) is 1.34. The molecule has 1 aromatic rings. The van der Waals surface area contributed by atoms with E-state index < -0.39 is 12.3 Å². The van der Waals surface area contributed by atoms with Gasteiger partial charge >= 0.3 is 35.5 Å². The van der Waals surface area contributed by atoms with Gasteiger partial charge in [0.25, 0.3) is 0 Å². The molecule has 0 heterocycles. The second-order valence-electron chi connectivity index (χ2n) is 3.93. The molecule has 0 aliphatic rings. The number of aryl methyl sites for hydroxylation is 1. The molecule has 0 unspecified atom stereocenters. The van der Waals surface area contributed by atoms with Gasteiger partial charge in [0, 0.05) is 0 Å². The number of carbonyl (C=O) groups is 1. The number of aromatic carboxylic acids is 1. The van der Waals surface area contributed by atoms with Gasteiger partial charge in [-0.15, -0.1) is 0 Å². The monoisotopic (exact) mass is 280 g/mol. The van der Waals surface area contributed by atoms with Crippen LogP contribution in [0, 0.1) is 6.92 Å². The summed E-state index contributed by atoms with van der Waals surface area (Å²) in [4.78, 5) is 10.5. The summed E-state index contributed by atoms with van der Waals surface area (Å²) in [5.41, 5.74) is 0.792. The fourth-order valence-electron chi connectivity index (χ4n) is 1.27. The number of hydrogen-bond acceptors (Lipinski definition) is 4. The third-order valence-electron chi connectivity index (χ3n) is 2.26. The molecule has 0 bridgehead atoms. The molecule has 0 saturated carbocycles. The van der Waals surface area contributed by atoms with Crippen LogP contribution in [0.4, 0.5) is 0 Å². The molecule has 0 aromatic heterocycles. The standard InChI is InChI=1S/C8H8O3.C5H12O2.Na.H/c1-5-4-6(9)2-3-7(5)8(10)11;1-2-3-4-5(6)7;;/h2-4,9H,1H3,(H,10,11);5-7H,2-4H2,1H3;;/q;;+1;-1. The van der Waals surface area contributed by atoms with E-state index in [-0.39, 0.29) is 42.3 Å². The SMILES string of the molecule is CCCCC(O)O.Cc1cc(O)ccc1C(=O)O.[H-].[Na+]. The minimum Gasteiger partial charge on any atom is -1.00 e. The average Bonchev–Trinajstić information content (AvgIpc) is 2.26. The molecular formula is C13H21NaO5. The maximum atomic E-state index is 10.5. The zero-order valence-corrected chi connectivity index (χ0v) is 13.6. The Hall–Kier alpha value is -0.590. The second kappa shape index (κ2) is 11.3. The summed E-state index contributed by atoms with van der Waals surface area (Å²) in [6.45, 7) is 3.66. The van der Waals surface area contributed by atoms with Crippen LogP contribution in [-0.2, 0) is 0 Å². The van der Waals surface area contributed by atoms with E-state index in [2.05, 4.69) is 0 Å². The zero-order valence-electron chi connectivity index (χ0n) is 12.6. The molecule has 1 rings (SSSR count). The number of aliphatic hydroxyl groups excluding tert-OH is 1. The Labute approximate surface area is 136 Å². The number of hydrogen-bond donors (Lipinski definition) is 4. The average molecular weight is 280 g/mol. The third-order valence-corrected chi connectivity index (χ3v) is 2.26. The molecular weight excluding hydrogens is 259 g/mol. The zero-order chi connectivity index (χ0) is 14.1. The predicted octanol–water partition coefficient (Wildman–Crippen LogP) is -0.997. The van der Waals surface area contributed by atoms with Crippen molar-refractivity contribution in [3.63, 3.8) is 0 Å². The first kappa shape index (κ1) is 20.7. The topological polar surface area (TPSA) is 98.0 Å². The minimum atomic E-state index is -1.10. The molecule has 104 valence electrons. The van der Waals surface area contributed by atoms with E-state index in [0.29, 0.717) is 12.0 Å². The number of aliphatic hydroxyl groups is 2. The van der Waals surface area contributed by atoms with Gasteiger partial charge in [-0.1, -0.05) is 13.3 Å². The fraction of sp³-hybridized carbons (Fsp3) is 0.462. The van der Waals surface area contributed by atoms with Gasteiger partial charge in [-0.25, -0.2) is 4.79 Å². The van der Waals surface area contributed by atoms with Gasteiger partial charge in [0.15, 0.2) is 6.29 Å². The molecule has 19 heavy (non-hydrogen) atoms. The van der Waals surface area contributed by atoms with Crippen molar-refractivity contribution in [2.45, 2.75) is 39.4 Å². The molecule has 0 aliphatic carbocycles. The number of carboxylic acid groups (broad SMARTS) is 1. The molecule has 4 N–H and O–H groups in total. The van der Waals surface area contributed by atoms with Crippen molar-refractivity contribution in [1.82, 2.24) is 0 Å². The molecule has 1 aromatic carbocycles. The number of phenols is 1. The predicted molar refractivity (Wildman–Crippen MR) is 68.7 cm³/mol. The van der Waals surface area contributed by atoms with Crippen LogP contribution in [0.1, 0.15) is 43.5 Å². The van der Waals surface area contributed by atoms with Gasteiger partial charge in [0.1, 0.15) is 5.75 Å². The van der Waals surface area contributed by atoms with Crippen LogP contribution in [0.5, 0.6) is 5.75 Å². The van der Waals surface area contributed by atoms with Crippen LogP contribution >= 0.6 is 0 Å². The summed E-state index contributed by atoms with van der Waals surface area (Å²) in [6, 6.07) is 4.16. The molecule has 0 amide bonds. The van der Waals surface area contributed by atoms with Crippen LogP contribution in [0.25, 0.3) is 0 Å². The molecule has 0 radical (unpaired) electrons. The Morgan fingerprint density at radius 3 is 2.26 bits per heavy atom. The van der Waals surface area contributed by atoms with Crippen molar-refractivity contribution < 1.29 is 56.2 Å². The van der Waals surface area contributed by atoms with E-state index in [9.17, 15) is 4.79 Å². The first-order valence-corrected chi connectivity index (χ1v) is 5.77. The van der Waals surface area contributed by atoms with Crippen molar-refractivity contribution in [2.75, 3.05) is 0 Å². The summed E-state index contributed by atoms with van der Waals surface area (Å²) in [5, 5.41) is 34.0. The van der Waals surface area contributed by atoms with E-state index in [1.807, 2.05) is 6.92 Å². The van der Waals surface area contributed by atoms with Crippen molar-refractivity contribution in [2.24, 2.45) is 0 Å². The number of phenolic OH excluding ortho intramolecular Hbond substituents is 1. The molecule has 6 heteroatoms. The van der Waals surface area contributed by atoms with E-state index in [4.69, 9.17) is 20.4 Å². The molecule has 0 aliphatic heterocycles. The quantitative estimate of drug-likeness (QED) is 0.419. The van der Waals surface area contributed by atoms with E-state index in [1.165, 1.54) is 18.2 Å². The Morgan fingerprint density at radius 2 is 1.95 bits per heavy atom. The Balaban J connectivity index is -0.000000286. The van der Waals surface area contributed by atoms with Crippen molar-refractivity contribution >= 4 is 5.97 Å². The summed E-state index contributed by atoms with van der Waals surface area (Å²) >= 11 is 0. The van der Waals surface area contributed by atoms with Gasteiger partial charge < -0.3 is 21.9 Å². The van der Waals surface area contributed by atoms with Crippen LogP contribution in [-0.4, -0.2) is 32.7 Å². The summed E-state index contributed by atoms with van der Waals surface area (Å²) in [5.74, 6) is -0.880. The van der Waals surface area contributed by atoms with Crippen LogP contribution in [0.3, 0.4) is 0 Å². The van der Waals surface area contributed by atoms with Gasteiger partial charge in [-0.3, -0.25) is 0 Å². The molecule has 0 atom stereocenters. The van der Waals surface area contributed by atoms with Gasteiger partial charge in [-0.2, -0.15) is 0 Å². The van der Waals surface area contributed by atoms with E-state index in [0.717, 1.165) is 12.8 Å². The van der Waals surface area contributed by atoms with E-state index in [1.54, 1.807) is 6.92 Å². The van der Waals surface area contributed by atoms with E-state index >= 15 is 0 Å². The Kier molecular flexibility index (Phi) is 12.3. The first-order chi connectivity index (χ1) is 8.38. The van der Waals surface area contributed by atoms with Crippen molar-refractivity contribution in [1.29, 1.82) is 0 Å². The van der Waals surface area contributed by atoms with Crippen LogP contribution in [0.2, 0.25) is 0 Å². The number of benzene rings is 1. The molecule has 0 spiro atoms. The molecule has 0 saturated heterocycles. The maximum absolute atomic E-state index is 10.5. The van der Waals surface area contributed by atoms with Gasteiger partial charge in [0.05, 0.1) is 5.56 Å². The third kappa shape index (κ3) is 9.92. The number of rotatable bonds is 4. The van der Waals surface area contributed by atoms with Crippen LogP contribution < -0.4 is 29.6 Å². The molecule has 0 fully saturated rings. The van der Waals surface area contributed by atoms with Gasteiger partial charge in [-0.05, 0) is 43.5 Å².